The zero-order valence-corrected chi connectivity index (χ0v) is 18.0. The zero-order valence-electron chi connectivity index (χ0n) is 18.0. The van der Waals surface area contributed by atoms with Crippen LogP contribution in [0.4, 0.5) is 10.5 Å². The maximum absolute atomic E-state index is 13.0. The monoisotopic (exact) mass is 440 g/mol. The predicted molar refractivity (Wildman–Crippen MR) is 125 cm³/mol. The summed E-state index contributed by atoms with van der Waals surface area (Å²) in [4.78, 5) is 32.9. The Kier molecular flexibility index (Phi) is 5.72. The lowest BCUT2D eigenvalue weighted by atomic mass is 9.84. The Morgan fingerprint density at radius 1 is 1.06 bits per heavy atom. The van der Waals surface area contributed by atoms with E-state index in [1.807, 2.05) is 42.6 Å². The summed E-state index contributed by atoms with van der Waals surface area (Å²) in [5.41, 5.74) is 3.62. The minimum absolute atomic E-state index is 0.0805. The van der Waals surface area contributed by atoms with Gasteiger partial charge in [-0.15, -0.1) is 0 Å². The number of carbonyl (C=O) groups is 1. The molecule has 2 aromatic heterocycles. The van der Waals surface area contributed by atoms with Crippen LogP contribution in [0.25, 0.3) is 0 Å². The third-order valence-corrected chi connectivity index (χ3v) is 6.00. The average Bonchev–Trinajstić information content (AvgIpc) is 3.36. The van der Waals surface area contributed by atoms with Gasteiger partial charge in [-0.1, -0.05) is 36.4 Å². The molecule has 2 amide bonds. The fourth-order valence-corrected chi connectivity index (χ4v) is 4.46. The molecule has 0 radical (unpaired) electrons. The maximum atomic E-state index is 13.0. The second-order valence-electron chi connectivity index (χ2n) is 8.12. The average molecular weight is 441 g/mol. The summed E-state index contributed by atoms with van der Waals surface area (Å²) in [6.45, 7) is 0.377. The number of rotatable bonds is 5. The topological polar surface area (TPSA) is 93.8 Å². The summed E-state index contributed by atoms with van der Waals surface area (Å²) in [7, 11) is 0. The van der Waals surface area contributed by atoms with Crippen molar-refractivity contribution in [1.82, 2.24) is 24.4 Å². The van der Waals surface area contributed by atoms with Crippen LogP contribution in [-0.4, -0.2) is 25.1 Å². The molecule has 8 heteroatoms. The van der Waals surface area contributed by atoms with Gasteiger partial charge in [-0.25, -0.2) is 19.6 Å². The Morgan fingerprint density at radius 2 is 1.97 bits per heavy atom. The molecule has 2 aromatic carbocycles. The lowest BCUT2D eigenvalue weighted by Gasteiger charge is -2.35. The molecule has 0 saturated heterocycles. The molecule has 2 unspecified atom stereocenters. The molecule has 1 aliphatic carbocycles. The Bertz CT molecular complexity index is 1310. The molecule has 0 saturated carbocycles. The number of nitrogens with one attached hydrogen (secondary N) is 2. The van der Waals surface area contributed by atoms with Crippen molar-refractivity contribution in [1.29, 1.82) is 0 Å². The van der Waals surface area contributed by atoms with Crippen molar-refractivity contribution in [3.05, 3.63) is 113 Å². The van der Waals surface area contributed by atoms with Crippen LogP contribution >= 0.6 is 0 Å². The number of hydrogen-bond donors (Lipinski definition) is 2. The number of amides is 2. The van der Waals surface area contributed by atoms with Crippen molar-refractivity contribution >= 4 is 11.7 Å². The second kappa shape index (κ2) is 9.12. The summed E-state index contributed by atoms with van der Waals surface area (Å²) >= 11 is 0. The van der Waals surface area contributed by atoms with Gasteiger partial charge in [0.25, 0.3) is 0 Å². The van der Waals surface area contributed by atoms with Gasteiger partial charge in [0.05, 0.1) is 25.0 Å². The summed E-state index contributed by atoms with van der Waals surface area (Å²) in [6.07, 6.45) is 10.5. The van der Waals surface area contributed by atoms with Gasteiger partial charge in [0.15, 0.2) is 0 Å². The van der Waals surface area contributed by atoms with Crippen molar-refractivity contribution < 1.29 is 4.79 Å². The molecule has 0 fully saturated rings. The van der Waals surface area contributed by atoms with Gasteiger partial charge in [0.2, 0.25) is 0 Å². The van der Waals surface area contributed by atoms with Gasteiger partial charge in [0.1, 0.15) is 0 Å². The van der Waals surface area contributed by atoms with Gasteiger partial charge in [-0.2, -0.15) is 0 Å². The predicted octanol–water partition coefficient (Wildman–Crippen LogP) is 3.54. The lowest BCUT2D eigenvalue weighted by molar-refractivity contribution is 0.239. The molecular weight excluding hydrogens is 416 g/mol. The Morgan fingerprint density at radius 3 is 2.82 bits per heavy atom. The van der Waals surface area contributed by atoms with Gasteiger partial charge in [0, 0.05) is 30.5 Å². The van der Waals surface area contributed by atoms with Crippen LogP contribution in [0.2, 0.25) is 0 Å². The molecule has 2 heterocycles. The zero-order chi connectivity index (χ0) is 22.6. The van der Waals surface area contributed by atoms with E-state index in [-0.39, 0.29) is 23.8 Å². The Balaban J connectivity index is 1.34. The largest absolute Gasteiger partial charge is 0.347 e. The Hall–Kier alpha value is -4.20. The van der Waals surface area contributed by atoms with E-state index in [1.54, 1.807) is 24.8 Å². The van der Waals surface area contributed by atoms with Crippen LogP contribution in [0.1, 0.15) is 35.2 Å². The third-order valence-electron chi connectivity index (χ3n) is 6.00. The van der Waals surface area contributed by atoms with E-state index in [2.05, 4.69) is 37.3 Å². The van der Waals surface area contributed by atoms with E-state index in [0.29, 0.717) is 12.2 Å². The fourth-order valence-electron chi connectivity index (χ4n) is 4.46. The highest BCUT2D eigenvalue weighted by Crippen LogP contribution is 2.37. The molecule has 8 nitrogen and oxygen atoms in total. The normalized spacial score (nSPS) is 17.2. The van der Waals surface area contributed by atoms with Crippen molar-refractivity contribution in [2.24, 2.45) is 0 Å². The summed E-state index contributed by atoms with van der Waals surface area (Å²) < 4.78 is 3.58. The third kappa shape index (κ3) is 4.55. The number of carbonyl (C=O) groups excluding carboxylic acids is 1. The van der Waals surface area contributed by atoms with Gasteiger partial charge < -0.3 is 15.2 Å². The van der Waals surface area contributed by atoms with Crippen LogP contribution in [0.3, 0.4) is 0 Å². The molecular formula is C25H24N6O2. The lowest BCUT2D eigenvalue weighted by Crippen LogP contribution is -2.39. The number of hydrogen-bond acceptors (Lipinski definition) is 4. The summed E-state index contributed by atoms with van der Waals surface area (Å²) in [5.74, 6) is 0. The number of benzene rings is 2. The quantitative estimate of drug-likeness (QED) is 0.496. The number of aryl methyl sites for hydroxylation is 1. The molecule has 0 bridgehead atoms. The van der Waals surface area contributed by atoms with Crippen LogP contribution in [0.15, 0.2) is 90.5 Å². The van der Waals surface area contributed by atoms with Crippen LogP contribution in [-0.2, 0) is 13.0 Å². The molecule has 166 valence electrons. The number of anilines is 1. The van der Waals surface area contributed by atoms with Crippen LogP contribution in [0, 0.1) is 0 Å². The number of aromatic nitrogens is 4. The van der Waals surface area contributed by atoms with Gasteiger partial charge in [-0.05, 0) is 47.7 Å². The highest BCUT2D eigenvalue weighted by Gasteiger charge is 2.31. The number of imidazole rings is 1. The van der Waals surface area contributed by atoms with E-state index in [4.69, 9.17) is 0 Å². The molecule has 2 N–H and O–H groups in total. The first kappa shape index (κ1) is 20.7. The van der Waals surface area contributed by atoms with Crippen LogP contribution in [0.5, 0.6) is 0 Å². The minimum Gasteiger partial charge on any atom is -0.332 e. The van der Waals surface area contributed by atoms with E-state index < -0.39 is 0 Å². The first-order valence-corrected chi connectivity index (χ1v) is 10.9. The first-order valence-electron chi connectivity index (χ1n) is 10.9. The van der Waals surface area contributed by atoms with Crippen molar-refractivity contribution in [2.45, 2.75) is 31.5 Å². The highest BCUT2D eigenvalue weighted by molar-refractivity contribution is 5.89. The van der Waals surface area contributed by atoms with E-state index in [1.165, 1.54) is 16.3 Å². The van der Waals surface area contributed by atoms with E-state index >= 15 is 0 Å². The molecule has 4 aromatic rings. The molecule has 0 aliphatic heterocycles. The minimum atomic E-state index is -0.310. The van der Waals surface area contributed by atoms with Gasteiger partial charge in [-0.3, -0.25) is 4.57 Å². The smallest absolute Gasteiger partial charge is 0.332 e. The van der Waals surface area contributed by atoms with Crippen LogP contribution < -0.4 is 16.3 Å². The van der Waals surface area contributed by atoms with E-state index in [9.17, 15) is 9.59 Å². The first-order chi connectivity index (χ1) is 16.2. The Labute approximate surface area is 190 Å². The van der Waals surface area contributed by atoms with Crippen molar-refractivity contribution in [3.8, 4) is 0 Å². The molecule has 33 heavy (non-hydrogen) atoms. The molecule has 5 rings (SSSR count). The maximum Gasteiger partial charge on any atom is 0.347 e. The number of nitrogens with zero attached hydrogens (tertiary/aromatic N) is 4. The molecule has 0 spiro atoms. The van der Waals surface area contributed by atoms with Crippen molar-refractivity contribution in [2.75, 3.05) is 5.32 Å². The number of urea groups is 1. The SMILES string of the molecule is O=C(Nc1cccc(Cn2cccnc2=O)c1)NC1c2ccccc2CCC1n1ccnc1. The summed E-state index contributed by atoms with van der Waals surface area (Å²) in [5, 5.41) is 6.13. The molecule has 1 aliphatic rings. The molecule has 2 atom stereocenters. The standard InChI is InChI=1S/C25H24N6O2/c32-24(28-20-7-3-5-18(15-20)16-30-13-4-11-27-25(30)33)29-23-21-8-2-1-6-19(21)9-10-22(23)31-14-12-26-17-31/h1-8,11-15,17,22-23H,9-10,16H2,(H2,28,29,32). The highest BCUT2D eigenvalue weighted by atomic mass is 16.2. The number of fused-ring (bicyclic) bond motifs is 1. The van der Waals surface area contributed by atoms with Crippen molar-refractivity contribution in [3.63, 3.8) is 0 Å². The van der Waals surface area contributed by atoms with E-state index in [0.717, 1.165) is 24.0 Å². The second-order valence-corrected chi connectivity index (χ2v) is 8.12. The fraction of sp³-hybridized carbons (Fsp3) is 0.200. The van der Waals surface area contributed by atoms with Gasteiger partial charge >= 0.3 is 11.7 Å². The summed E-state index contributed by atoms with van der Waals surface area (Å²) in [6, 6.07) is 17.0.